The van der Waals surface area contributed by atoms with Crippen molar-refractivity contribution in [3.05, 3.63) is 71.2 Å². The first-order chi connectivity index (χ1) is 10.1. The van der Waals surface area contributed by atoms with Crippen molar-refractivity contribution in [1.29, 1.82) is 5.26 Å². The Kier molecular flexibility index (Phi) is 4.11. The highest BCUT2D eigenvalue weighted by atomic mass is 16.6. The average Bonchev–Trinajstić information content (AvgIpc) is 2.49. The van der Waals surface area contributed by atoms with Crippen LogP contribution in [0.25, 0.3) is 5.01 Å². The largest absolute Gasteiger partial charge is 0.388 e. The summed E-state index contributed by atoms with van der Waals surface area (Å²) in [5.74, 6) is 1.06. The van der Waals surface area contributed by atoms with Crippen molar-refractivity contribution in [2.75, 3.05) is 0 Å². The van der Waals surface area contributed by atoms with Crippen LogP contribution in [-0.2, 0) is 5.41 Å². The summed E-state index contributed by atoms with van der Waals surface area (Å²) in [6.07, 6.45) is 1.65. The van der Waals surface area contributed by atoms with E-state index in [0.717, 1.165) is 11.1 Å². The highest BCUT2D eigenvalue weighted by Crippen LogP contribution is 2.33. The lowest BCUT2D eigenvalue weighted by atomic mass is 9.78. The molecular formula is C17H14N2O2. The fraction of sp³-hybridized carbons (Fsp3) is 0.176. The van der Waals surface area contributed by atoms with Gasteiger partial charge in [0.2, 0.25) is 5.75 Å². The van der Waals surface area contributed by atoms with Gasteiger partial charge in [-0.15, -0.1) is 5.26 Å². The van der Waals surface area contributed by atoms with E-state index in [-0.39, 0.29) is 5.41 Å². The molecule has 4 heteroatoms. The van der Waals surface area contributed by atoms with E-state index in [1.165, 1.54) is 0 Å². The number of benzene rings is 2. The van der Waals surface area contributed by atoms with Crippen LogP contribution in [0.5, 0.6) is 11.5 Å². The van der Waals surface area contributed by atoms with Gasteiger partial charge in [-0.05, 0) is 40.4 Å². The maximum Gasteiger partial charge on any atom is 0.292 e. The lowest BCUT2D eigenvalue weighted by Crippen LogP contribution is -2.18. The number of hydrogen-bond acceptors (Lipinski definition) is 3. The molecule has 0 atom stereocenters. The summed E-state index contributed by atoms with van der Waals surface area (Å²) >= 11 is 0. The van der Waals surface area contributed by atoms with Crippen LogP contribution in [-0.4, -0.2) is 0 Å². The number of rotatable bonds is 4. The second kappa shape index (κ2) is 5.98. The summed E-state index contributed by atoms with van der Waals surface area (Å²) in [6, 6.07) is 14.9. The van der Waals surface area contributed by atoms with Gasteiger partial charge in [-0.2, -0.15) is 11.4 Å². The van der Waals surface area contributed by atoms with Crippen molar-refractivity contribution in [2.24, 2.45) is 0 Å². The third-order valence-corrected chi connectivity index (χ3v) is 3.47. The first kappa shape index (κ1) is 14.4. The van der Waals surface area contributed by atoms with Gasteiger partial charge < -0.3 is 4.74 Å². The van der Waals surface area contributed by atoms with Gasteiger partial charge in [-0.3, -0.25) is 0 Å². The SMILES string of the molecule is [C-]#[N+]Oc1ccc(C(C)(C)c2ccc(OC#N)cc2)cc1. The van der Waals surface area contributed by atoms with E-state index >= 15 is 0 Å². The van der Waals surface area contributed by atoms with Crippen LogP contribution in [0.4, 0.5) is 0 Å². The van der Waals surface area contributed by atoms with Crippen molar-refractivity contribution < 1.29 is 9.57 Å². The van der Waals surface area contributed by atoms with Gasteiger partial charge in [-0.25, -0.2) is 0 Å². The zero-order chi connectivity index (χ0) is 15.3. The lowest BCUT2D eigenvalue weighted by Gasteiger charge is -2.26. The summed E-state index contributed by atoms with van der Waals surface area (Å²) in [4.78, 5) is 4.77. The minimum absolute atomic E-state index is 0.207. The molecule has 0 fully saturated rings. The molecular weight excluding hydrogens is 264 g/mol. The molecule has 0 heterocycles. The molecule has 0 aliphatic carbocycles. The van der Waals surface area contributed by atoms with Crippen molar-refractivity contribution in [3.63, 3.8) is 0 Å². The van der Waals surface area contributed by atoms with E-state index in [9.17, 15) is 0 Å². The van der Waals surface area contributed by atoms with Crippen molar-refractivity contribution in [2.45, 2.75) is 19.3 Å². The zero-order valence-corrected chi connectivity index (χ0v) is 11.8. The van der Waals surface area contributed by atoms with E-state index in [0.29, 0.717) is 11.5 Å². The van der Waals surface area contributed by atoms with Crippen molar-refractivity contribution in [3.8, 4) is 17.8 Å². The number of ether oxygens (including phenoxy) is 1. The second-order valence-corrected chi connectivity index (χ2v) is 5.05. The summed E-state index contributed by atoms with van der Waals surface area (Å²) in [5.41, 5.74) is 2.00. The standard InChI is InChI=1S/C17H14N2O2/c1-17(2,13-4-8-15(9-5-13)20-12-18)14-6-10-16(11-7-14)21-19-3/h4-11H,1-2H3. The number of hydrogen-bond donors (Lipinski definition) is 0. The molecule has 0 aliphatic rings. The number of nitrogens with zero attached hydrogens (tertiary/aromatic N) is 2. The summed E-state index contributed by atoms with van der Waals surface area (Å²) < 4.78 is 4.78. The van der Waals surface area contributed by atoms with Crippen LogP contribution < -0.4 is 9.57 Å². The third-order valence-electron chi connectivity index (χ3n) is 3.47. The van der Waals surface area contributed by atoms with Crippen LogP contribution in [0.2, 0.25) is 0 Å². The molecule has 0 saturated heterocycles. The van der Waals surface area contributed by atoms with Crippen LogP contribution >= 0.6 is 0 Å². The molecule has 2 aromatic rings. The third kappa shape index (κ3) is 3.13. The van der Waals surface area contributed by atoms with Crippen molar-refractivity contribution in [1.82, 2.24) is 0 Å². The first-order valence-electron chi connectivity index (χ1n) is 6.38. The Balaban J connectivity index is 2.28. The van der Waals surface area contributed by atoms with Gasteiger partial charge in [0.05, 0.1) is 0 Å². The molecule has 0 unspecified atom stereocenters. The Bertz CT molecular complexity index is 628. The predicted molar refractivity (Wildman–Crippen MR) is 78.5 cm³/mol. The minimum Gasteiger partial charge on any atom is -0.388 e. The van der Waals surface area contributed by atoms with Gasteiger partial charge in [0, 0.05) is 5.41 Å². The van der Waals surface area contributed by atoms with E-state index < -0.39 is 0 Å². The normalized spacial score (nSPS) is 10.3. The Labute approximate surface area is 123 Å². The Morgan fingerprint density at radius 3 is 1.86 bits per heavy atom. The fourth-order valence-corrected chi connectivity index (χ4v) is 2.14. The van der Waals surface area contributed by atoms with Gasteiger partial charge in [-0.1, -0.05) is 38.1 Å². The van der Waals surface area contributed by atoms with E-state index in [1.807, 2.05) is 24.3 Å². The molecule has 104 valence electrons. The lowest BCUT2D eigenvalue weighted by molar-refractivity contribution is 0.472. The summed E-state index contributed by atoms with van der Waals surface area (Å²) in [5, 5.41) is 11.4. The Hall–Kier alpha value is -2.98. The zero-order valence-electron chi connectivity index (χ0n) is 11.8. The van der Waals surface area contributed by atoms with Crippen LogP contribution in [0.1, 0.15) is 25.0 Å². The molecule has 0 bridgehead atoms. The average molecular weight is 278 g/mol. The fourth-order valence-electron chi connectivity index (χ4n) is 2.14. The topological polar surface area (TPSA) is 46.6 Å². The molecule has 0 aromatic heterocycles. The summed E-state index contributed by atoms with van der Waals surface area (Å²) in [7, 11) is 0. The molecule has 2 rings (SSSR count). The molecule has 21 heavy (non-hydrogen) atoms. The van der Waals surface area contributed by atoms with Gasteiger partial charge in [0.1, 0.15) is 5.75 Å². The van der Waals surface area contributed by atoms with Gasteiger partial charge in [0.15, 0.2) is 0 Å². The summed E-state index contributed by atoms with van der Waals surface area (Å²) in [6.45, 7) is 10.9. The second-order valence-electron chi connectivity index (χ2n) is 5.05. The van der Waals surface area contributed by atoms with Crippen LogP contribution in [0.15, 0.2) is 48.5 Å². The Morgan fingerprint density at radius 1 is 0.952 bits per heavy atom. The van der Waals surface area contributed by atoms with E-state index in [1.54, 1.807) is 30.5 Å². The molecule has 0 radical (unpaired) electrons. The first-order valence-corrected chi connectivity index (χ1v) is 6.38. The highest BCUT2D eigenvalue weighted by molar-refractivity contribution is 5.42. The molecule has 0 aliphatic heterocycles. The Morgan fingerprint density at radius 2 is 1.43 bits per heavy atom. The van der Waals surface area contributed by atoms with E-state index in [2.05, 4.69) is 18.9 Å². The quantitative estimate of drug-likeness (QED) is 0.481. The van der Waals surface area contributed by atoms with Crippen molar-refractivity contribution >= 4 is 0 Å². The molecule has 0 spiro atoms. The predicted octanol–water partition coefficient (Wildman–Crippen LogP) is 4.09. The smallest absolute Gasteiger partial charge is 0.292 e. The molecule has 0 saturated carbocycles. The van der Waals surface area contributed by atoms with Gasteiger partial charge in [0.25, 0.3) is 6.26 Å². The molecule has 0 N–H and O–H groups in total. The molecule has 0 amide bonds. The minimum atomic E-state index is -0.207. The number of nitriles is 1. The monoisotopic (exact) mass is 278 g/mol. The van der Waals surface area contributed by atoms with Crippen LogP contribution in [0.3, 0.4) is 0 Å². The van der Waals surface area contributed by atoms with Crippen LogP contribution in [0, 0.1) is 18.1 Å². The highest BCUT2D eigenvalue weighted by Gasteiger charge is 2.23. The maximum atomic E-state index is 8.49. The maximum absolute atomic E-state index is 8.49. The molecule has 4 nitrogen and oxygen atoms in total. The molecule has 2 aromatic carbocycles. The van der Waals surface area contributed by atoms with E-state index in [4.69, 9.17) is 21.4 Å². The van der Waals surface area contributed by atoms with Gasteiger partial charge >= 0.3 is 0 Å².